The summed E-state index contributed by atoms with van der Waals surface area (Å²) in [5.41, 5.74) is 2.26. The van der Waals surface area contributed by atoms with E-state index in [9.17, 15) is 10.1 Å². The largest absolute Gasteiger partial charge is 0.495 e. The van der Waals surface area contributed by atoms with Crippen LogP contribution in [0.3, 0.4) is 0 Å². The molecule has 0 heterocycles. The van der Waals surface area contributed by atoms with Gasteiger partial charge >= 0.3 is 0 Å². The SMILES string of the molecule is CNc1cc(N(C)c2ccccc2OC)cc([N+](=O)[O-])c1. The third-order valence-corrected chi connectivity index (χ3v) is 3.24. The first kappa shape index (κ1) is 14.6. The molecule has 0 saturated heterocycles. The molecule has 1 N–H and O–H groups in total. The first-order valence-electron chi connectivity index (χ1n) is 6.40. The van der Waals surface area contributed by atoms with Crippen LogP contribution in [0.2, 0.25) is 0 Å². The van der Waals surface area contributed by atoms with E-state index in [1.54, 1.807) is 14.2 Å². The number of nitrogens with zero attached hydrogens (tertiary/aromatic N) is 2. The first-order chi connectivity index (χ1) is 10.1. The molecule has 21 heavy (non-hydrogen) atoms. The molecule has 0 fully saturated rings. The summed E-state index contributed by atoms with van der Waals surface area (Å²) >= 11 is 0. The molecule has 0 aromatic heterocycles. The molecule has 0 radical (unpaired) electrons. The van der Waals surface area contributed by atoms with Crippen molar-refractivity contribution in [2.75, 3.05) is 31.4 Å². The van der Waals surface area contributed by atoms with Crippen LogP contribution < -0.4 is 15.0 Å². The Bertz CT molecular complexity index is 658. The molecule has 0 aliphatic carbocycles. The summed E-state index contributed by atoms with van der Waals surface area (Å²) in [6.45, 7) is 0. The van der Waals surface area contributed by atoms with E-state index >= 15 is 0 Å². The predicted molar refractivity (Wildman–Crippen MR) is 83.7 cm³/mol. The molecule has 0 spiro atoms. The Morgan fingerprint density at radius 3 is 2.57 bits per heavy atom. The Morgan fingerprint density at radius 1 is 1.24 bits per heavy atom. The zero-order valence-electron chi connectivity index (χ0n) is 12.2. The van der Waals surface area contributed by atoms with Crippen LogP contribution in [0, 0.1) is 10.1 Å². The van der Waals surface area contributed by atoms with Crippen LogP contribution in [0.25, 0.3) is 0 Å². The smallest absolute Gasteiger partial charge is 0.273 e. The minimum atomic E-state index is -0.402. The van der Waals surface area contributed by atoms with E-state index in [0.29, 0.717) is 17.1 Å². The van der Waals surface area contributed by atoms with Crippen LogP contribution in [-0.4, -0.2) is 26.1 Å². The van der Waals surface area contributed by atoms with Crippen molar-refractivity contribution in [1.29, 1.82) is 0 Å². The van der Waals surface area contributed by atoms with Crippen LogP contribution >= 0.6 is 0 Å². The van der Waals surface area contributed by atoms with E-state index < -0.39 is 4.92 Å². The number of rotatable bonds is 5. The highest BCUT2D eigenvalue weighted by Gasteiger charge is 2.15. The zero-order chi connectivity index (χ0) is 15.4. The van der Waals surface area contributed by atoms with E-state index in [2.05, 4.69) is 5.32 Å². The Kier molecular flexibility index (Phi) is 4.27. The Labute approximate surface area is 123 Å². The quantitative estimate of drug-likeness (QED) is 0.674. The van der Waals surface area contributed by atoms with E-state index in [1.165, 1.54) is 12.1 Å². The van der Waals surface area contributed by atoms with Crippen LogP contribution in [0.5, 0.6) is 5.75 Å². The molecule has 2 rings (SSSR count). The Morgan fingerprint density at radius 2 is 1.95 bits per heavy atom. The fraction of sp³-hybridized carbons (Fsp3) is 0.200. The van der Waals surface area contributed by atoms with E-state index in [4.69, 9.17) is 4.74 Å². The highest BCUT2D eigenvalue weighted by Crippen LogP contribution is 2.35. The molecule has 110 valence electrons. The number of non-ortho nitro benzene ring substituents is 1. The van der Waals surface area contributed by atoms with Gasteiger partial charge in [-0.2, -0.15) is 0 Å². The molecule has 0 bridgehead atoms. The molecule has 6 heteroatoms. The van der Waals surface area contributed by atoms with Gasteiger partial charge in [-0.3, -0.25) is 10.1 Å². The molecule has 0 aliphatic heterocycles. The van der Waals surface area contributed by atoms with Crippen molar-refractivity contribution in [2.24, 2.45) is 0 Å². The average molecular weight is 287 g/mol. The number of nitro groups is 1. The Hall–Kier alpha value is -2.76. The summed E-state index contributed by atoms with van der Waals surface area (Å²) in [6, 6.07) is 12.4. The number of hydrogen-bond acceptors (Lipinski definition) is 5. The number of methoxy groups -OCH3 is 1. The summed E-state index contributed by atoms with van der Waals surface area (Å²) in [5, 5.41) is 14.0. The van der Waals surface area contributed by atoms with Gasteiger partial charge in [-0.15, -0.1) is 0 Å². The summed E-state index contributed by atoms with van der Waals surface area (Å²) < 4.78 is 5.33. The number of nitro benzene ring substituents is 1. The molecule has 0 saturated carbocycles. The van der Waals surface area contributed by atoms with Gasteiger partial charge in [-0.1, -0.05) is 12.1 Å². The van der Waals surface area contributed by atoms with Crippen LogP contribution in [0.1, 0.15) is 0 Å². The van der Waals surface area contributed by atoms with Crippen molar-refractivity contribution < 1.29 is 9.66 Å². The lowest BCUT2D eigenvalue weighted by atomic mass is 10.2. The second kappa shape index (κ2) is 6.13. The van der Waals surface area contributed by atoms with Crippen LogP contribution in [0.15, 0.2) is 42.5 Å². The van der Waals surface area contributed by atoms with Crippen molar-refractivity contribution >= 4 is 22.7 Å². The fourth-order valence-corrected chi connectivity index (χ4v) is 2.08. The number of ether oxygens (including phenoxy) is 1. The summed E-state index contributed by atoms with van der Waals surface area (Å²) in [7, 11) is 5.17. The van der Waals surface area contributed by atoms with Gasteiger partial charge in [0.05, 0.1) is 17.7 Å². The average Bonchev–Trinajstić information content (AvgIpc) is 2.53. The van der Waals surface area contributed by atoms with Gasteiger partial charge in [0.1, 0.15) is 5.75 Å². The number of nitrogens with one attached hydrogen (secondary N) is 1. The third-order valence-electron chi connectivity index (χ3n) is 3.24. The molecule has 2 aromatic rings. The first-order valence-corrected chi connectivity index (χ1v) is 6.40. The Balaban J connectivity index is 2.49. The van der Waals surface area contributed by atoms with Crippen LogP contribution in [0.4, 0.5) is 22.7 Å². The lowest BCUT2D eigenvalue weighted by Crippen LogP contribution is -2.11. The number of hydrogen-bond donors (Lipinski definition) is 1. The molecule has 2 aromatic carbocycles. The minimum absolute atomic E-state index is 0.0404. The standard InChI is InChI=1S/C15H17N3O3/c1-16-11-8-12(10-13(9-11)18(19)20)17(2)14-6-4-5-7-15(14)21-3/h4-10,16H,1-3H3. The maximum atomic E-state index is 11.0. The highest BCUT2D eigenvalue weighted by atomic mass is 16.6. The molecule has 0 atom stereocenters. The molecular formula is C15H17N3O3. The third kappa shape index (κ3) is 3.05. The highest BCUT2D eigenvalue weighted by molar-refractivity contribution is 5.73. The summed E-state index contributed by atoms with van der Waals surface area (Å²) in [4.78, 5) is 12.5. The number of anilines is 3. The second-order valence-corrected chi connectivity index (χ2v) is 4.48. The monoisotopic (exact) mass is 287 g/mol. The molecule has 6 nitrogen and oxygen atoms in total. The van der Waals surface area contributed by atoms with Gasteiger partial charge in [0.25, 0.3) is 5.69 Å². The zero-order valence-corrected chi connectivity index (χ0v) is 12.2. The van der Waals surface area contributed by atoms with Gasteiger partial charge in [0, 0.05) is 37.6 Å². The van der Waals surface area contributed by atoms with Gasteiger partial charge in [0.15, 0.2) is 0 Å². The van der Waals surface area contributed by atoms with Gasteiger partial charge < -0.3 is 15.0 Å². The van der Waals surface area contributed by atoms with Crippen molar-refractivity contribution in [3.8, 4) is 5.75 Å². The van der Waals surface area contributed by atoms with Crippen LogP contribution in [-0.2, 0) is 0 Å². The molecule has 0 amide bonds. The van der Waals surface area contributed by atoms with Crippen molar-refractivity contribution in [3.05, 3.63) is 52.6 Å². The van der Waals surface area contributed by atoms with Gasteiger partial charge in [0.2, 0.25) is 0 Å². The van der Waals surface area contributed by atoms with Gasteiger partial charge in [-0.05, 0) is 18.2 Å². The molecule has 0 aliphatic rings. The van der Waals surface area contributed by atoms with E-state index in [0.717, 1.165) is 5.69 Å². The number of para-hydroxylation sites is 2. The minimum Gasteiger partial charge on any atom is -0.495 e. The molecule has 0 unspecified atom stereocenters. The molecular weight excluding hydrogens is 270 g/mol. The van der Waals surface area contributed by atoms with Gasteiger partial charge in [-0.25, -0.2) is 0 Å². The number of benzene rings is 2. The lowest BCUT2D eigenvalue weighted by molar-refractivity contribution is -0.384. The second-order valence-electron chi connectivity index (χ2n) is 4.48. The fourth-order valence-electron chi connectivity index (χ4n) is 2.08. The summed E-state index contributed by atoms with van der Waals surface area (Å²) in [5.74, 6) is 0.706. The van der Waals surface area contributed by atoms with E-state index in [1.807, 2.05) is 42.3 Å². The van der Waals surface area contributed by atoms with E-state index in [-0.39, 0.29) is 5.69 Å². The van der Waals surface area contributed by atoms with Crippen molar-refractivity contribution in [2.45, 2.75) is 0 Å². The predicted octanol–water partition coefficient (Wildman–Crippen LogP) is 3.41. The van der Waals surface area contributed by atoms with Crippen molar-refractivity contribution in [1.82, 2.24) is 0 Å². The maximum absolute atomic E-state index is 11.0. The normalized spacial score (nSPS) is 10.0. The maximum Gasteiger partial charge on any atom is 0.273 e. The lowest BCUT2D eigenvalue weighted by Gasteiger charge is -2.22. The van der Waals surface area contributed by atoms with Crippen molar-refractivity contribution in [3.63, 3.8) is 0 Å². The summed E-state index contributed by atoms with van der Waals surface area (Å²) in [6.07, 6.45) is 0. The topological polar surface area (TPSA) is 67.6 Å².